The molecule has 34 heavy (non-hydrogen) atoms. The van der Waals surface area contributed by atoms with Gasteiger partial charge in [0.2, 0.25) is 0 Å². The Balaban J connectivity index is 1.24. The molecule has 1 fully saturated rings. The molecule has 0 saturated heterocycles. The van der Waals surface area contributed by atoms with Crippen LogP contribution in [0, 0.1) is 0 Å². The van der Waals surface area contributed by atoms with Crippen LogP contribution in [0.15, 0.2) is 54.7 Å². The molecule has 5 nitrogen and oxygen atoms in total. The summed E-state index contributed by atoms with van der Waals surface area (Å²) in [7, 11) is 0. The van der Waals surface area contributed by atoms with Gasteiger partial charge in [-0.25, -0.2) is 0 Å². The number of para-hydroxylation sites is 1. The number of nitrogens with one attached hydrogen (secondary N) is 4. The first-order valence-corrected chi connectivity index (χ1v) is 13.4. The largest absolute Gasteiger partial charge is 0.384 e. The first kappa shape index (κ1) is 22.9. The number of hydrogen-bond acceptors (Lipinski definition) is 4. The summed E-state index contributed by atoms with van der Waals surface area (Å²) in [6.07, 6.45) is 8.75. The minimum Gasteiger partial charge on any atom is -0.384 e. The van der Waals surface area contributed by atoms with Crippen LogP contribution < -0.4 is 16.0 Å². The number of carbonyl (C=O) groups is 1. The van der Waals surface area contributed by atoms with Gasteiger partial charge in [0, 0.05) is 52.7 Å². The third-order valence-electron chi connectivity index (χ3n) is 6.59. The van der Waals surface area contributed by atoms with Gasteiger partial charge in [-0.2, -0.15) is 0 Å². The van der Waals surface area contributed by atoms with Gasteiger partial charge in [-0.05, 0) is 60.9 Å². The lowest BCUT2D eigenvalue weighted by atomic mass is 10.0. The molecular weight excluding hydrogens is 440 g/mol. The van der Waals surface area contributed by atoms with E-state index >= 15 is 0 Å². The van der Waals surface area contributed by atoms with E-state index in [1.54, 1.807) is 11.3 Å². The number of aromatic nitrogens is 1. The van der Waals surface area contributed by atoms with Gasteiger partial charge in [0.25, 0.3) is 5.91 Å². The standard InChI is InChI=1S/C28H34N4OS/c1-2-3-6-23(15-20-18-31-25-8-5-4-7-24(20)25)32-28(33)27-16-19-9-10-22(17-26(19)34-27)30-14-13-29-21-11-12-21/h4-5,7-10,16-18,21,23,29-31H,2-3,6,11-15H2,1H3,(H,32,33). The van der Waals surface area contributed by atoms with Gasteiger partial charge in [-0.3, -0.25) is 4.79 Å². The number of amides is 1. The van der Waals surface area contributed by atoms with E-state index in [0.717, 1.165) is 71.0 Å². The Morgan fingerprint density at radius 1 is 1.15 bits per heavy atom. The van der Waals surface area contributed by atoms with Crippen molar-refractivity contribution in [3.8, 4) is 0 Å². The van der Waals surface area contributed by atoms with Crippen LogP contribution in [0.4, 0.5) is 5.69 Å². The molecule has 2 aromatic heterocycles. The van der Waals surface area contributed by atoms with Crippen molar-refractivity contribution in [2.45, 2.75) is 57.5 Å². The summed E-state index contributed by atoms with van der Waals surface area (Å²) in [6.45, 7) is 4.09. The third-order valence-corrected chi connectivity index (χ3v) is 7.69. The van der Waals surface area contributed by atoms with Crippen LogP contribution in [-0.2, 0) is 6.42 Å². The van der Waals surface area contributed by atoms with Crippen molar-refractivity contribution < 1.29 is 4.79 Å². The average molecular weight is 475 g/mol. The van der Waals surface area contributed by atoms with Gasteiger partial charge in [0.15, 0.2) is 0 Å². The summed E-state index contributed by atoms with van der Waals surface area (Å²) >= 11 is 1.58. The number of thiophene rings is 1. The van der Waals surface area contributed by atoms with Crippen molar-refractivity contribution in [2.24, 2.45) is 0 Å². The van der Waals surface area contributed by atoms with Crippen LogP contribution in [0.1, 0.15) is 54.3 Å². The smallest absolute Gasteiger partial charge is 0.261 e. The monoisotopic (exact) mass is 474 g/mol. The van der Waals surface area contributed by atoms with E-state index in [4.69, 9.17) is 0 Å². The predicted molar refractivity (Wildman–Crippen MR) is 144 cm³/mol. The van der Waals surface area contributed by atoms with Crippen LogP contribution in [0.2, 0.25) is 0 Å². The number of fused-ring (bicyclic) bond motifs is 2. The summed E-state index contributed by atoms with van der Waals surface area (Å²) in [5, 5.41) is 12.7. The number of unbranched alkanes of at least 4 members (excludes halogenated alkanes) is 1. The number of anilines is 1. The van der Waals surface area contributed by atoms with Crippen molar-refractivity contribution in [3.05, 3.63) is 65.2 Å². The first-order valence-electron chi connectivity index (χ1n) is 12.6. The van der Waals surface area contributed by atoms with Crippen LogP contribution in [0.3, 0.4) is 0 Å². The van der Waals surface area contributed by atoms with E-state index < -0.39 is 0 Å². The molecule has 2 aromatic carbocycles. The van der Waals surface area contributed by atoms with E-state index in [1.165, 1.54) is 23.8 Å². The molecule has 1 amide bonds. The predicted octanol–water partition coefficient (Wildman–Crippen LogP) is 6.08. The van der Waals surface area contributed by atoms with E-state index in [-0.39, 0.29) is 11.9 Å². The fourth-order valence-electron chi connectivity index (χ4n) is 4.52. The highest BCUT2D eigenvalue weighted by molar-refractivity contribution is 7.20. The summed E-state index contributed by atoms with van der Waals surface area (Å²) in [4.78, 5) is 17.4. The van der Waals surface area contributed by atoms with E-state index in [1.807, 2.05) is 12.1 Å². The molecule has 0 bridgehead atoms. The van der Waals surface area contributed by atoms with Crippen molar-refractivity contribution in [1.29, 1.82) is 0 Å². The van der Waals surface area contributed by atoms with Crippen molar-refractivity contribution in [1.82, 2.24) is 15.6 Å². The molecule has 1 aliphatic carbocycles. The van der Waals surface area contributed by atoms with E-state index in [0.29, 0.717) is 0 Å². The summed E-state index contributed by atoms with van der Waals surface area (Å²) in [5.74, 6) is 0.0327. The molecule has 4 aromatic rings. The van der Waals surface area contributed by atoms with Gasteiger partial charge in [0.05, 0.1) is 4.88 Å². The quantitative estimate of drug-likeness (QED) is 0.188. The van der Waals surface area contributed by atoms with Gasteiger partial charge >= 0.3 is 0 Å². The Hall–Kier alpha value is -2.83. The second-order valence-corrected chi connectivity index (χ2v) is 10.5. The Morgan fingerprint density at radius 2 is 2.03 bits per heavy atom. The van der Waals surface area contributed by atoms with Crippen LogP contribution in [-0.4, -0.2) is 36.1 Å². The molecular formula is C28H34N4OS. The molecule has 1 atom stereocenters. The molecule has 4 N–H and O–H groups in total. The third kappa shape index (κ3) is 5.62. The molecule has 5 rings (SSSR count). The van der Waals surface area contributed by atoms with Crippen LogP contribution >= 0.6 is 11.3 Å². The fraction of sp³-hybridized carbons (Fsp3) is 0.393. The van der Waals surface area contributed by atoms with Crippen molar-refractivity contribution in [3.63, 3.8) is 0 Å². The fourth-order valence-corrected chi connectivity index (χ4v) is 5.53. The topological polar surface area (TPSA) is 69.0 Å². The zero-order valence-corrected chi connectivity index (χ0v) is 20.6. The summed E-state index contributed by atoms with van der Waals surface area (Å²) < 4.78 is 1.15. The second-order valence-electron chi connectivity index (χ2n) is 9.39. The van der Waals surface area contributed by atoms with E-state index in [2.05, 4.69) is 70.5 Å². The zero-order chi connectivity index (χ0) is 23.3. The highest BCUT2D eigenvalue weighted by atomic mass is 32.1. The maximum Gasteiger partial charge on any atom is 0.261 e. The molecule has 0 spiro atoms. The number of rotatable bonds is 12. The maximum atomic E-state index is 13.2. The molecule has 6 heteroatoms. The molecule has 2 heterocycles. The lowest BCUT2D eigenvalue weighted by Crippen LogP contribution is -2.36. The number of aromatic amines is 1. The first-order chi connectivity index (χ1) is 16.7. The van der Waals surface area contributed by atoms with Crippen LogP contribution in [0.5, 0.6) is 0 Å². The molecule has 1 saturated carbocycles. The average Bonchev–Trinajstić information content (AvgIpc) is 3.44. The second kappa shape index (κ2) is 10.6. The number of carbonyl (C=O) groups excluding carboxylic acids is 1. The number of benzene rings is 2. The zero-order valence-electron chi connectivity index (χ0n) is 19.8. The SMILES string of the molecule is CCCCC(Cc1c[nH]c2ccccc12)NC(=O)c1cc2ccc(NCCNC3CC3)cc2s1. The summed E-state index contributed by atoms with van der Waals surface area (Å²) in [5.41, 5.74) is 3.52. The Bertz CT molecular complexity index is 1260. The molecule has 0 radical (unpaired) electrons. The molecule has 1 aliphatic rings. The lowest BCUT2D eigenvalue weighted by molar-refractivity contribution is 0.0938. The van der Waals surface area contributed by atoms with Gasteiger partial charge in [-0.1, -0.05) is 44.0 Å². The molecule has 178 valence electrons. The normalized spacial score (nSPS) is 14.5. The molecule has 0 aliphatic heterocycles. The van der Waals surface area contributed by atoms with Crippen molar-refractivity contribution >= 4 is 43.9 Å². The number of hydrogen-bond donors (Lipinski definition) is 4. The minimum absolute atomic E-state index is 0.0327. The van der Waals surface area contributed by atoms with E-state index in [9.17, 15) is 4.79 Å². The molecule has 1 unspecified atom stereocenters. The minimum atomic E-state index is 0.0327. The lowest BCUT2D eigenvalue weighted by Gasteiger charge is -2.18. The Morgan fingerprint density at radius 3 is 2.88 bits per heavy atom. The number of H-pyrrole nitrogens is 1. The maximum absolute atomic E-state index is 13.2. The Labute approximate surface area is 205 Å². The van der Waals surface area contributed by atoms with Gasteiger partial charge < -0.3 is 20.9 Å². The van der Waals surface area contributed by atoms with Gasteiger partial charge in [-0.15, -0.1) is 11.3 Å². The Kier molecular flexibility index (Phi) is 7.16. The van der Waals surface area contributed by atoms with Gasteiger partial charge in [0.1, 0.15) is 0 Å². The highest BCUT2D eigenvalue weighted by Crippen LogP contribution is 2.29. The van der Waals surface area contributed by atoms with Crippen LogP contribution in [0.25, 0.3) is 21.0 Å². The van der Waals surface area contributed by atoms with Crippen molar-refractivity contribution in [2.75, 3.05) is 18.4 Å². The highest BCUT2D eigenvalue weighted by Gasteiger charge is 2.20. The summed E-state index contributed by atoms with van der Waals surface area (Å²) in [6, 6.07) is 17.6.